The molecule has 0 aliphatic carbocycles. The molecule has 0 rings (SSSR count). The summed E-state index contributed by atoms with van der Waals surface area (Å²) in [6.45, 7) is 0. The first-order valence-electron chi connectivity index (χ1n) is 1.36. The van der Waals surface area contributed by atoms with Gasteiger partial charge in [0.15, 0.2) is 0 Å². The van der Waals surface area contributed by atoms with Gasteiger partial charge in [-0.2, -0.15) is 11.7 Å². The van der Waals surface area contributed by atoms with E-state index in [-0.39, 0.29) is 0 Å². The Labute approximate surface area is 47.2 Å². The maximum atomic E-state index is 8.48. The van der Waals surface area contributed by atoms with Crippen LogP contribution in [0.4, 0.5) is 0 Å². The van der Waals surface area contributed by atoms with Gasteiger partial charge in [-0.3, -0.25) is 11.7 Å². The molecule has 8 heavy (non-hydrogen) atoms. The highest BCUT2D eigenvalue weighted by Gasteiger charge is 1.53. The van der Waals surface area contributed by atoms with Crippen molar-refractivity contribution in [2.24, 2.45) is 11.7 Å². The van der Waals surface area contributed by atoms with Crippen LogP contribution < -0.4 is 33.2 Å². The van der Waals surface area contributed by atoms with Crippen LogP contribution in [0.5, 0.6) is 0 Å². The first kappa shape index (κ1) is 15.7. The predicted octanol–water partition coefficient (Wildman–Crippen LogP) is -5.43. The number of rotatable bonds is 0. The van der Waals surface area contributed by atoms with Crippen molar-refractivity contribution in [3.8, 4) is 0 Å². The van der Waals surface area contributed by atoms with Gasteiger partial charge in [0.25, 0.3) is 8.25 Å². The smallest absolute Gasteiger partial charge is 0.276 e. The fraction of sp³-hybridized carbons (Fsp3) is 0. The van der Waals surface area contributed by atoms with E-state index in [2.05, 4.69) is 23.4 Å². The largest absolute Gasteiger partial charge is 0.598 e. The molecule has 0 heterocycles. The SMILES string of the molecule is N[NH3+].N[NH3+].O=[P+]([O-])[O-]. The average Bonchev–Trinajstić information content (AvgIpc) is 1.75. The molecule has 0 fully saturated rings. The fourth-order valence-electron chi connectivity index (χ4n) is 0. The maximum Gasteiger partial charge on any atom is 0.276 e. The van der Waals surface area contributed by atoms with E-state index < -0.39 is 8.25 Å². The maximum absolute atomic E-state index is 8.48. The molecule has 0 aromatic heterocycles. The van der Waals surface area contributed by atoms with E-state index in [0.717, 1.165) is 0 Å². The zero-order chi connectivity index (χ0) is 7.58. The Morgan fingerprint density at radius 3 is 1.12 bits per heavy atom. The van der Waals surface area contributed by atoms with E-state index in [1.54, 1.807) is 0 Å². The number of hydrogen-bond donors (Lipinski definition) is 4. The van der Waals surface area contributed by atoms with Crippen LogP contribution in [-0.2, 0) is 4.57 Å². The van der Waals surface area contributed by atoms with Gasteiger partial charge in [-0.15, -0.1) is 0 Å². The second-order valence-corrected chi connectivity index (χ2v) is 0.671. The van der Waals surface area contributed by atoms with Crippen molar-refractivity contribution in [2.75, 3.05) is 0 Å². The van der Waals surface area contributed by atoms with Gasteiger partial charge in [-0.05, 0) is 0 Å². The molecule has 0 bridgehead atoms. The summed E-state index contributed by atoms with van der Waals surface area (Å²) in [7, 11) is -3.37. The molecule has 0 saturated heterocycles. The summed E-state index contributed by atoms with van der Waals surface area (Å²) in [4.78, 5) is 17.0. The third-order valence-corrected chi connectivity index (χ3v) is 0. The van der Waals surface area contributed by atoms with Gasteiger partial charge >= 0.3 is 0 Å². The van der Waals surface area contributed by atoms with Gasteiger partial charge < -0.3 is 9.79 Å². The third kappa shape index (κ3) is 7060. The van der Waals surface area contributed by atoms with Gasteiger partial charge in [0.05, 0.1) is 0 Å². The van der Waals surface area contributed by atoms with Crippen LogP contribution in [0.2, 0.25) is 0 Å². The summed E-state index contributed by atoms with van der Waals surface area (Å²) >= 11 is 0. The molecule has 52 valence electrons. The molecule has 0 unspecified atom stereocenters. The topological polar surface area (TPSA) is 171 Å². The molecule has 0 radical (unpaired) electrons. The average molecular weight is 145 g/mol. The Bertz CT molecular complexity index is 34.3. The van der Waals surface area contributed by atoms with Crippen LogP contribution in [0.25, 0.3) is 0 Å². The molecular weight excluding hydrogens is 135 g/mol. The molecule has 0 amide bonds. The Kier molecular flexibility index (Phi) is 56.4. The number of quaternary nitrogens is 2. The van der Waals surface area contributed by atoms with Crippen LogP contribution >= 0.6 is 8.25 Å². The van der Waals surface area contributed by atoms with Gasteiger partial charge in [-0.1, -0.05) is 4.57 Å². The molecule has 0 atom stereocenters. The summed E-state index contributed by atoms with van der Waals surface area (Å²) in [5, 5.41) is 0. The minimum absolute atomic E-state index is 2.75. The second-order valence-electron chi connectivity index (χ2n) is 0.224. The van der Waals surface area contributed by atoms with Gasteiger partial charge in [-0.25, -0.2) is 0 Å². The molecule has 0 spiro atoms. The van der Waals surface area contributed by atoms with Crippen molar-refractivity contribution in [1.82, 2.24) is 0 Å². The highest BCUT2D eigenvalue weighted by molar-refractivity contribution is 7.27. The highest BCUT2D eigenvalue weighted by atomic mass is 31.1. The minimum atomic E-state index is -3.37. The molecule has 10 N–H and O–H groups in total. The van der Waals surface area contributed by atoms with Crippen molar-refractivity contribution in [3.05, 3.63) is 0 Å². The molecule has 7 nitrogen and oxygen atoms in total. The Morgan fingerprint density at radius 2 is 1.12 bits per heavy atom. The van der Waals surface area contributed by atoms with Crippen LogP contribution in [0.1, 0.15) is 0 Å². The van der Waals surface area contributed by atoms with Crippen LogP contribution in [0, 0.1) is 0 Å². The number of nitrogens with two attached hydrogens (primary N) is 2. The lowest BCUT2D eigenvalue weighted by molar-refractivity contribution is -0.379. The van der Waals surface area contributed by atoms with Crippen molar-refractivity contribution in [3.63, 3.8) is 0 Å². The summed E-state index contributed by atoms with van der Waals surface area (Å²) in [5.74, 6) is 14.0. The van der Waals surface area contributed by atoms with Gasteiger partial charge in [0, 0.05) is 0 Å². The molecule has 0 aliphatic heterocycles. The Morgan fingerprint density at radius 1 is 1.12 bits per heavy atom. The van der Waals surface area contributed by atoms with Crippen molar-refractivity contribution in [2.45, 2.75) is 0 Å². The number of hydrogen-bond acceptors (Lipinski definition) is 5. The molecule has 0 aromatic carbocycles. The normalized spacial score (nSPS) is 4.75. The molecule has 8 heteroatoms. The van der Waals surface area contributed by atoms with E-state index in [1.165, 1.54) is 0 Å². The van der Waals surface area contributed by atoms with E-state index >= 15 is 0 Å². The summed E-state index contributed by atoms with van der Waals surface area (Å²) < 4.78 is 8.48. The Hall–Kier alpha value is -0.140. The summed E-state index contributed by atoms with van der Waals surface area (Å²) in [6, 6.07) is 0. The third-order valence-electron chi connectivity index (χ3n) is 0. The van der Waals surface area contributed by atoms with E-state index in [1.807, 2.05) is 0 Å². The molecular formula is H10N4O3P+. The van der Waals surface area contributed by atoms with Crippen molar-refractivity contribution >= 4 is 8.25 Å². The molecule has 0 aromatic rings. The minimum Gasteiger partial charge on any atom is -0.598 e. The standard InChI is InChI=1S/2H4N2.HO3P/c2*1-2;1-4(2)3/h2*1-2H2;(H,1,2,3)/p+1. The van der Waals surface area contributed by atoms with E-state index in [0.29, 0.717) is 0 Å². The van der Waals surface area contributed by atoms with Gasteiger partial charge in [0.1, 0.15) is 0 Å². The van der Waals surface area contributed by atoms with Crippen molar-refractivity contribution in [1.29, 1.82) is 0 Å². The lowest BCUT2D eigenvalue weighted by Crippen LogP contribution is -2.59. The van der Waals surface area contributed by atoms with Crippen LogP contribution in [0.15, 0.2) is 0 Å². The molecule has 0 aliphatic rings. The van der Waals surface area contributed by atoms with Gasteiger partial charge in [0.2, 0.25) is 0 Å². The lowest BCUT2D eigenvalue weighted by Gasteiger charge is -1.75. The first-order chi connectivity index (χ1) is 3.73. The molecule has 0 saturated carbocycles. The summed E-state index contributed by atoms with van der Waals surface area (Å²) in [6.07, 6.45) is 0. The zero-order valence-electron chi connectivity index (χ0n) is 4.24. The second kappa shape index (κ2) is 28.8. The van der Waals surface area contributed by atoms with E-state index in [9.17, 15) is 0 Å². The first-order valence-corrected chi connectivity index (χ1v) is 2.46. The summed E-state index contributed by atoms with van der Waals surface area (Å²) in [5.41, 5.74) is 0. The Balaban J connectivity index is -0.0000000542. The monoisotopic (exact) mass is 145 g/mol. The lowest BCUT2D eigenvalue weighted by atomic mass is 13.0. The predicted molar refractivity (Wildman–Crippen MR) is 21.8 cm³/mol. The van der Waals surface area contributed by atoms with E-state index in [4.69, 9.17) is 14.4 Å². The zero-order valence-corrected chi connectivity index (χ0v) is 5.14. The van der Waals surface area contributed by atoms with Crippen LogP contribution in [-0.4, -0.2) is 0 Å². The fourth-order valence-corrected chi connectivity index (χ4v) is 0. The quantitative estimate of drug-likeness (QED) is 0.151. The highest BCUT2D eigenvalue weighted by Crippen LogP contribution is 1.79. The van der Waals surface area contributed by atoms with Crippen LogP contribution in [0.3, 0.4) is 0 Å². The van der Waals surface area contributed by atoms with Crippen molar-refractivity contribution < 1.29 is 26.0 Å².